The van der Waals surface area contributed by atoms with E-state index in [0.717, 1.165) is 0 Å². The molecule has 126 valence electrons. The van der Waals surface area contributed by atoms with Crippen molar-refractivity contribution in [3.8, 4) is 0 Å². The van der Waals surface area contributed by atoms with Crippen molar-refractivity contribution in [3.63, 3.8) is 0 Å². The van der Waals surface area contributed by atoms with Crippen LogP contribution in [0, 0.1) is 29.1 Å². The van der Waals surface area contributed by atoms with Gasteiger partial charge in [0.25, 0.3) is 0 Å². The van der Waals surface area contributed by atoms with Gasteiger partial charge < -0.3 is 14.2 Å². The third kappa shape index (κ3) is 3.76. The highest BCUT2D eigenvalue weighted by Gasteiger charge is 2.32. The predicted octanol–water partition coefficient (Wildman–Crippen LogP) is 3.94. The lowest BCUT2D eigenvalue weighted by Crippen LogP contribution is -2.39. The molecule has 0 spiro atoms. The van der Waals surface area contributed by atoms with Crippen LogP contribution in [-0.2, 0) is 8.85 Å². The van der Waals surface area contributed by atoms with Crippen molar-refractivity contribution >= 4 is 14.2 Å². The summed E-state index contributed by atoms with van der Waals surface area (Å²) < 4.78 is 76.6. The average molecular weight is 343 g/mol. The summed E-state index contributed by atoms with van der Waals surface area (Å²) in [4.78, 5) is 0. The molecule has 9 heteroatoms. The largest absolute Gasteiger partial charge is 0.398 e. The van der Waals surface area contributed by atoms with E-state index in [4.69, 9.17) is 8.85 Å². The van der Waals surface area contributed by atoms with Gasteiger partial charge in [0.1, 0.15) is 5.69 Å². The fourth-order valence-corrected chi connectivity index (χ4v) is 4.31. The number of halogens is 5. The summed E-state index contributed by atoms with van der Waals surface area (Å²) in [6.07, 6.45) is 0.404. The van der Waals surface area contributed by atoms with Crippen molar-refractivity contribution in [3.05, 3.63) is 29.1 Å². The first-order valence-corrected chi connectivity index (χ1v) is 8.92. The van der Waals surface area contributed by atoms with E-state index in [2.05, 4.69) is 5.32 Å². The van der Waals surface area contributed by atoms with Crippen LogP contribution in [-0.4, -0.2) is 29.3 Å². The van der Waals surface area contributed by atoms with E-state index in [1.165, 1.54) is 14.2 Å². The number of anilines is 1. The summed E-state index contributed by atoms with van der Waals surface area (Å²) >= 11 is 0. The van der Waals surface area contributed by atoms with E-state index < -0.39 is 43.3 Å². The molecule has 0 saturated heterocycles. The lowest BCUT2D eigenvalue weighted by Gasteiger charge is -2.26. The molecule has 0 amide bonds. The Kier molecular flexibility index (Phi) is 6.76. The monoisotopic (exact) mass is 343 g/mol. The van der Waals surface area contributed by atoms with E-state index >= 15 is 0 Å². The van der Waals surface area contributed by atoms with Crippen LogP contribution >= 0.6 is 0 Å². The molecule has 0 saturated carbocycles. The van der Waals surface area contributed by atoms with Crippen molar-refractivity contribution in [1.29, 1.82) is 0 Å². The summed E-state index contributed by atoms with van der Waals surface area (Å²) in [7, 11) is 0.700. The Hall–Kier alpha value is -1.19. The first-order valence-electron chi connectivity index (χ1n) is 6.69. The van der Waals surface area contributed by atoms with Gasteiger partial charge >= 0.3 is 8.56 Å². The average Bonchev–Trinajstić information content (AvgIpc) is 2.54. The lowest BCUT2D eigenvalue weighted by molar-refractivity contribution is 0.242. The Balaban J connectivity index is 2.74. The molecule has 0 aliphatic carbocycles. The quantitative estimate of drug-likeness (QED) is 0.255. The van der Waals surface area contributed by atoms with Crippen LogP contribution in [0.4, 0.5) is 27.6 Å². The second-order valence-electron chi connectivity index (χ2n) is 4.65. The molecule has 0 bridgehead atoms. The standard InChI is InChI=1S/C13H18F5NO2Si/c1-4-22(20-2,21-3)7-5-6-19-13-11(17)9(15)8(14)10(16)12(13)18/h19H,4-7H2,1-3H3. The molecule has 3 nitrogen and oxygen atoms in total. The van der Waals surface area contributed by atoms with Gasteiger partial charge in [-0.05, 0) is 18.5 Å². The molecule has 0 aromatic heterocycles. The van der Waals surface area contributed by atoms with Crippen LogP contribution < -0.4 is 5.32 Å². The third-order valence-corrected chi connectivity index (χ3v) is 7.21. The number of rotatable bonds is 8. The summed E-state index contributed by atoms with van der Waals surface area (Å²) in [6, 6.07) is 1.21. The second-order valence-corrected chi connectivity index (χ2v) is 8.49. The van der Waals surface area contributed by atoms with Crippen molar-refractivity contribution in [1.82, 2.24) is 0 Å². The smallest absolute Gasteiger partial charge is 0.337 e. The maximum atomic E-state index is 13.4. The molecule has 0 aliphatic rings. The van der Waals surface area contributed by atoms with Gasteiger partial charge in [0.2, 0.25) is 5.82 Å². The maximum absolute atomic E-state index is 13.4. The number of hydrogen-bond donors (Lipinski definition) is 1. The molecule has 1 aromatic carbocycles. The van der Waals surface area contributed by atoms with Crippen LogP contribution in [0.15, 0.2) is 0 Å². The highest BCUT2D eigenvalue weighted by atomic mass is 28.4. The van der Waals surface area contributed by atoms with Gasteiger partial charge in [0.15, 0.2) is 23.3 Å². The maximum Gasteiger partial charge on any atom is 0.337 e. The lowest BCUT2D eigenvalue weighted by atomic mass is 10.2. The van der Waals surface area contributed by atoms with E-state index in [1.807, 2.05) is 6.92 Å². The van der Waals surface area contributed by atoms with Crippen LogP contribution in [0.5, 0.6) is 0 Å². The molecule has 0 aliphatic heterocycles. The summed E-state index contributed by atoms with van der Waals surface area (Å²) in [5.41, 5.74) is -1.02. The normalized spacial score (nSPS) is 11.8. The van der Waals surface area contributed by atoms with E-state index in [9.17, 15) is 22.0 Å². The molecular formula is C13H18F5NO2Si. The highest BCUT2D eigenvalue weighted by Crippen LogP contribution is 2.27. The third-order valence-electron chi connectivity index (χ3n) is 3.53. The fraction of sp³-hybridized carbons (Fsp3) is 0.538. The van der Waals surface area contributed by atoms with Crippen molar-refractivity contribution in [2.24, 2.45) is 0 Å². The number of benzene rings is 1. The van der Waals surface area contributed by atoms with Crippen LogP contribution in [0.25, 0.3) is 0 Å². The molecule has 0 unspecified atom stereocenters. The Morgan fingerprint density at radius 1 is 0.864 bits per heavy atom. The summed E-state index contributed by atoms with van der Waals surface area (Å²) in [6.45, 7) is 1.93. The van der Waals surface area contributed by atoms with Gasteiger partial charge in [-0.2, -0.15) is 0 Å². The summed E-state index contributed by atoms with van der Waals surface area (Å²) in [5.74, 6) is -9.83. The van der Waals surface area contributed by atoms with Crippen LogP contribution in [0.3, 0.4) is 0 Å². The van der Waals surface area contributed by atoms with Gasteiger partial charge in [0, 0.05) is 20.8 Å². The van der Waals surface area contributed by atoms with E-state index in [0.29, 0.717) is 18.5 Å². The zero-order valence-electron chi connectivity index (χ0n) is 12.5. The van der Waals surface area contributed by atoms with Crippen molar-refractivity contribution < 1.29 is 30.8 Å². The van der Waals surface area contributed by atoms with Crippen molar-refractivity contribution in [2.45, 2.75) is 25.4 Å². The molecule has 22 heavy (non-hydrogen) atoms. The van der Waals surface area contributed by atoms with Crippen LogP contribution in [0.2, 0.25) is 12.1 Å². The minimum Gasteiger partial charge on any atom is -0.398 e. The molecule has 1 rings (SSSR count). The topological polar surface area (TPSA) is 30.5 Å². The zero-order chi connectivity index (χ0) is 16.9. The Morgan fingerprint density at radius 3 is 1.73 bits per heavy atom. The SMILES string of the molecule is CC[Si](CCCNc1c(F)c(F)c(F)c(F)c1F)(OC)OC. The first-order chi connectivity index (χ1) is 10.3. The highest BCUT2D eigenvalue weighted by molar-refractivity contribution is 6.67. The Labute approximate surface area is 126 Å². The second kappa shape index (κ2) is 7.89. The Morgan fingerprint density at radius 2 is 1.32 bits per heavy atom. The van der Waals surface area contributed by atoms with Gasteiger partial charge in [0.05, 0.1) is 0 Å². The zero-order valence-corrected chi connectivity index (χ0v) is 13.5. The van der Waals surface area contributed by atoms with E-state index in [1.54, 1.807) is 0 Å². The minimum atomic E-state index is -2.35. The molecule has 1 N–H and O–H groups in total. The first kappa shape index (κ1) is 18.9. The van der Waals surface area contributed by atoms with Gasteiger partial charge in [-0.25, -0.2) is 22.0 Å². The van der Waals surface area contributed by atoms with Gasteiger partial charge in [-0.1, -0.05) is 6.92 Å². The number of hydrogen-bond acceptors (Lipinski definition) is 3. The molecule has 0 fully saturated rings. The fourth-order valence-electron chi connectivity index (χ4n) is 2.08. The minimum absolute atomic E-state index is 0.0276. The molecule has 1 aromatic rings. The molecular weight excluding hydrogens is 325 g/mol. The predicted molar refractivity (Wildman–Crippen MR) is 74.4 cm³/mol. The summed E-state index contributed by atoms with van der Waals surface area (Å²) in [5, 5.41) is 2.25. The van der Waals surface area contributed by atoms with Gasteiger partial charge in [-0.3, -0.25) is 0 Å². The van der Waals surface area contributed by atoms with Crippen molar-refractivity contribution in [2.75, 3.05) is 26.1 Å². The van der Waals surface area contributed by atoms with E-state index in [-0.39, 0.29) is 6.54 Å². The molecule has 0 atom stereocenters. The van der Waals surface area contributed by atoms with Gasteiger partial charge in [-0.15, -0.1) is 0 Å². The number of nitrogens with one attached hydrogen (secondary N) is 1. The molecule has 0 radical (unpaired) electrons. The van der Waals surface area contributed by atoms with Crippen LogP contribution in [0.1, 0.15) is 13.3 Å². The Bertz CT molecular complexity index is 488. The molecule has 0 heterocycles.